The lowest BCUT2D eigenvalue weighted by Crippen LogP contribution is -2.56. The number of carboxylic acid groups (broad SMARTS) is 1. The van der Waals surface area contributed by atoms with Gasteiger partial charge in [0.15, 0.2) is 6.04 Å². The van der Waals surface area contributed by atoms with Crippen LogP contribution in [0.2, 0.25) is 0 Å². The molecule has 0 radical (unpaired) electrons. The van der Waals surface area contributed by atoms with E-state index in [9.17, 15) is 24.3 Å². The van der Waals surface area contributed by atoms with Crippen LogP contribution in [0, 0.1) is 5.92 Å². The minimum absolute atomic E-state index is 0.118. The number of nitrogens with one attached hydrogen (secondary N) is 2. The third-order valence-corrected chi connectivity index (χ3v) is 3.42. The van der Waals surface area contributed by atoms with Gasteiger partial charge in [0.2, 0.25) is 17.7 Å². The lowest BCUT2D eigenvalue weighted by atomic mass is 10.0. The lowest BCUT2D eigenvalue weighted by molar-refractivity contribution is -0.145. The average Bonchev–Trinajstić information content (AvgIpc) is 2.46. The van der Waals surface area contributed by atoms with Gasteiger partial charge in [-0.2, -0.15) is 0 Å². The highest BCUT2D eigenvalue weighted by Crippen LogP contribution is 2.05. The summed E-state index contributed by atoms with van der Waals surface area (Å²) in [6.45, 7) is 4.96. The molecule has 4 atom stereocenters. The molecule has 25 heavy (non-hydrogen) atoms. The zero-order chi connectivity index (χ0) is 19.7. The molecule has 0 bridgehead atoms. The third kappa shape index (κ3) is 9.01. The van der Waals surface area contributed by atoms with Crippen molar-refractivity contribution in [3.05, 3.63) is 0 Å². The van der Waals surface area contributed by atoms with Gasteiger partial charge in [0.05, 0.1) is 12.1 Å². The number of aliphatic carboxylic acids is 1. The molecular weight excluding hydrogens is 332 g/mol. The molecule has 0 saturated carbocycles. The number of carboxylic acids is 1. The second-order valence-corrected chi connectivity index (χ2v) is 6.37. The normalized spacial score (nSPS) is 15.8. The highest BCUT2D eigenvalue weighted by Gasteiger charge is 2.30. The molecule has 0 aliphatic heterocycles. The second kappa shape index (κ2) is 10.6. The number of amides is 3. The summed E-state index contributed by atoms with van der Waals surface area (Å²) in [4.78, 5) is 46.4. The van der Waals surface area contributed by atoms with Gasteiger partial charge in [-0.3, -0.25) is 14.4 Å². The third-order valence-electron chi connectivity index (χ3n) is 3.42. The Kier molecular flexibility index (Phi) is 9.69. The lowest BCUT2D eigenvalue weighted by Gasteiger charge is -2.24. The molecule has 0 heterocycles. The smallest absolute Gasteiger partial charge is 0.328 e. The zero-order valence-electron chi connectivity index (χ0n) is 14.7. The molecular formula is C15H28N4O6. The molecule has 10 heteroatoms. The van der Waals surface area contributed by atoms with Crippen LogP contribution >= 0.6 is 0 Å². The first-order valence-corrected chi connectivity index (χ1v) is 8.01. The molecule has 0 aromatic rings. The van der Waals surface area contributed by atoms with Crippen LogP contribution in [-0.4, -0.2) is 58.1 Å². The Morgan fingerprint density at radius 3 is 2.00 bits per heavy atom. The molecule has 0 aliphatic rings. The van der Waals surface area contributed by atoms with E-state index in [2.05, 4.69) is 10.6 Å². The van der Waals surface area contributed by atoms with Gasteiger partial charge < -0.3 is 32.3 Å². The van der Waals surface area contributed by atoms with Gasteiger partial charge >= 0.3 is 5.97 Å². The summed E-state index contributed by atoms with van der Waals surface area (Å²) in [6, 6.07) is -3.60. The van der Waals surface area contributed by atoms with Crippen LogP contribution in [0.4, 0.5) is 0 Å². The van der Waals surface area contributed by atoms with Gasteiger partial charge in [0.25, 0.3) is 0 Å². The maximum Gasteiger partial charge on any atom is 0.328 e. The highest BCUT2D eigenvalue weighted by atomic mass is 16.4. The Labute approximate surface area is 146 Å². The summed E-state index contributed by atoms with van der Waals surface area (Å²) in [6.07, 6.45) is -1.27. The first-order valence-electron chi connectivity index (χ1n) is 8.01. The molecule has 0 rings (SSSR count). The van der Waals surface area contributed by atoms with Crippen LogP contribution in [0.25, 0.3) is 0 Å². The quantitative estimate of drug-likeness (QED) is 0.247. The summed E-state index contributed by atoms with van der Waals surface area (Å²) in [5, 5.41) is 23.0. The van der Waals surface area contributed by atoms with Crippen molar-refractivity contribution in [2.24, 2.45) is 17.4 Å². The number of hydrogen-bond donors (Lipinski definition) is 6. The van der Waals surface area contributed by atoms with Gasteiger partial charge in [-0.25, -0.2) is 4.79 Å². The first-order chi connectivity index (χ1) is 11.5. The maximum atomic E-state index is 12.3. The molecule has 0 aliphatic carbocycles. The minimum atomic E-state index is -1.55. The summed E-state index contributed by atoms with van der Waals surface area (Å²) >= 11 is 0. The number of carbonyl (C=O) groups excluding carboxylic acids is 3. The van der Waals surface area contributed by atoms with Crippen molar-refractivity contribution in [3.8, 4) is 0 Å². The van der Waals surface area contributed by atoms with Crippen molar-refractivity contribution in [2.45, 2.75) is 64.3 Å². The van der Waals surface area contributed by atoms with Gasteiger partial charge in [0, 0.05) is 6.42 Å². The Morgan fingerprint density at radius 1 is 1.04 bits per heavy atom. The van der Waals surface area contributed by atoms with E-state index in [4.69, 9.17) is 16.6 Å². The van der Waals surface area contributed by atoms with Crippen molar-refractivity contribution in [2.75, 3.05) is 0 Å². The van der Waals surface area contributed by atoms with E-state index in [-0.39, 0.29) is 18.8 Å². The van der Waals surface area contributed by atoms with Crippen LogP contribution in [0.15, 0.2) is 0 Å². The molecule has 10 nitrogen and oxygen atoms in total. The van der Waals surface area contributed by atoms with E-state index in [0.717, 1.165) is 0 Å². The molecule has 0 fully saturated rings. The van der Waals surface area contributed by atoms with Crippen LogP contribution in [0.3, 0.4) is 0 Å². The van der Waals surface area contributed by atoms with E-state index in [1.165, 1.54) is 6.92 Å². The summed E-state index contributed by atoms with van der Waals surface area (Å²) in [7, 11) is 0. The molecule has 4 unspecified atom stereocenters. The van der Waals surface area contributed by atoms with Gasteiger partial charge in [-0.05, 0) is 25.7 Å². The van der Waals surface area contributed by atoms with E-state index in [0.29, 0.717) is 6.42 Å². The van der Waals surface area contributed by atoms with E-state index in [1.54, 1.807) is 0 Å². The Balaban J connectivity index is 5.07. The number of primary amides is 1. The number of aliphatic hydroxyl groups is 1. The van der Waals surface area contributed by atoms with E-state index < -0.39 is 47.9 Å². The van der Waals surface area contributed by atoms with Crippen molar-refractivity contribution in [1.82, 2.24) is 10.6 Å². The minimum Gasteiger partial charge on any atom is -0.480 e. The van der Waals surface area contributed by atoms with Crippen molar-refractivity contribution >= 4 is 23.7 Å². The number of carbonyl (C=O) groups is 4. The number of nitrogens with two attached hydrogens (primary N) is 2. The number of hydrogen-bond acceptors (Lipinski definition) is 6. The van der Waals surface area contributed by atoms with Gasteiger partial charge in [-0.1, -0.05) is 13.8 Å². The Morgan fingerprint density at radius 2 is 1.60 bits per heavy atom. The van der Waals surface area contributed by atoms with E-state index >= 15 is 0 Å². The van der Waals surface area contributed by atoms with Gasteiger partial charge in [-0.15, -0.1) is 0 Å². The number of rotatable bonds is 11. The fraction of sp³-hybridized carbons (Fsp3) is 0.733. The van der Waals surface area contributed by atoms with Crippen molar-refractivity contribution < 1.29 is 29.4 Å². The number of aliphatic hydroxyl groups excluding tert-OH is 1. The molecule has 3 amide bonds. The van der Waals surface area contributed by atoms with Crippen LogP contribution in [0.1, 0.15) is 40.0 Å². The Hall–Kier alpha value is -2.20. The first kappa shape index (κ1) is 22.8. The summed E-state index contributed by atoms with van der Waals surface area (Å²) < 4.78 is 0. The molecule has 144 valence electrons. The molecule has 8 N–H and O–H groups in total. The largest absolute Gasteiger partial charge is 0.480 e. The maximum absolute atomic E-state index is 12.3. The van der Waals surface area contributed by atoms with Crippen LogP contribution in [-0.2, 0) is 19.2 Å². The van der Waals surface area contributed by atoms with Crippen molar-refractivity contribution in [1.29, 1.82) is 0 Å². The second-order valence-electron chi connectivity index (χ2n) is 6.37. The average molecular weight is 360 g/mol. The topological polar surface area (TPSA) is 185 Å². The predicted octanol–water partition coefficient (Wildman–Crippen LogP) is -1.94. The SMILES string of the molecule is CC(C)CC(N)C(=O)NC(CCC(N)=O)C(=O)NC(C(=O)O)C(C)O. The van der Waals surface area contributed by atoms with Gasteiger partial charge in [0.1, 0.15) is 6.04 Å². The fourth-order valence-corrected chi connectivity index (χ4v) is 2.09. The van der Waals surface area contributed by atoms with Crippen LogP contribution in [0.5, 0.6) is 0 Å². The molecule has 0 spiro atoms. The highest BCUT2D eigenvalue weighted by molar-refractivity contribution is 5.92. The van der Waals surface area contributed by atoms with Crippen molar-refractivity contribution in [3.63, 3.8) is 0 Å². The van der Waals surface area contributed by atoms with E-state index in [1.807, 2.05) is 13.8 Å². The summed E-state index contributed by atoms with van der Waals surface area (Å²) in [5.74, 6) is -3.39. The summed E-state index contributed by atoms with van der Waals surface area (Å²) in [5.41, 5.74) is 10.8. The predicted molar refractivity (Wildman–Crippen MR) is 89.0 cm³/mol. The molecule has 0 saturated heterocycles. The molecule has 0 aromatic carbocycles. The standard InChI is InChI=1S/C15H28N4O6/c1-7(2)6-9(16)13(22)18-10(4-5-11(17)21)14(23)19-12(8(3)20)15(24)25/h7-10,12,20H,4-6,16H2,1-3H3,(H2,17,21)(H,18,22)(H,19,23)(H,24,25). The molecule has 0 aromatic heterocycles. The Bertz CT molecular complexity index is 494. The zero-order valence-corrected chi connectivity index (χ0v) is 14.7. The monoisotopic (exact) mass is 360 g/mol. The fourth-order valence-electron chi connectivity index (χ4n) is 2.09. The van der Waals surface area contributed by atoms with Crippen LogP contribution < -0.4 is 22.1 Å².